The first kappa shape index (κ1) is 50.9. The summed E-state index contributed by atoms with van der Waals surface area (Å²) in [6.07, 6.45) is 3.74. The molecule has 14 aliphatic rings. The number of benzene rings is 4. The highest BCUT2D eigenvalue weighted by atomic mass is 33.1. The van der Waals surface area contributed by atoms with Gasteiger partial charge in [0.1, 0.15) is 18.0 Å². The Morgan fingerprint density at radius 2 is 1.67 bits per heavy atom. The minimum atomic E-state index is -2.66. The molecule has 78 heavy (non-hydrogen) atoms. The number of rotatable bonds is 7. The van der Waals surface area contributed by atoms with Gasteiger partial charge in [-0.15, -0.1) is 0 Å². The fraction of sp³-hybridized carbons (Fsp3) is 0.623. The molecule has 1 aromatic heterocycles. The number of nitrogens with one attached hydrogen (secondary N) is 3. The van der Waals surface area contributed by atoms with Crippen LogP contribution in [0.5, 0.6) is 11.5 Å². The van der Waals surface area contributed by atoms with Gasteiger partial charge in [-0.1, -0.05) is 92.4 Å². The third-order valence-electron chi connectivity index (χ3n) is 23.1. The third kappa shape index (κ3) is 6.62. The standard InChI is InChI=1S/C61H71N3O10S4/c1-62-45-26-75-78-47-27-76-77-46(24-63-33-8-4-5-9-33)40-23-42-38-22-39(45)53(67)58(17-16-32-19-31-10-13-35-48(47)37-21-34(66)12-14-41(37)59(32,58)50(31)35)55(38)73-56-52(74-61(71,54(40)68)60(42,56)70)57(69)72-51-44(25-65)64-43-15-11-30-18-28-6-2-3-7-29(28)20-36(30)49(43)51/h2-3,6-7,11-12,14-15,18,20-21,31-33,35,38-40,42,45-48,50,52-56,62-68,70-71H,4-5,8-10,13,16-17,19,22-27H2,1H3. The second-order valence-electron chi connectivity index (χ2n) is 25.7. The second kappa shape index (κ2) is 18.4. The number of carbonyl (C=O) groups is 1. The largest absolute Gasteiger partial charge is 0.508 e. The Hall–Kier alpha value is -2.75. The Morgan fingerprint density at radius 1 is 0.846 bits per heavy atom. The number of esters is 1. The number of aromatic hydroxyl groups is 1. The Labute approximate surface area is 470 Å². The van der Waals surface area contributed by atoms with Gasteiger partial charge in [-0.3, -0.25) is 0 Å². The summed E-state index contributed by atoms with van der Waals surface area (Å²) in [5.41, 5.74) is -0.362. The van der Waals surface area contributed by atoms with Crippen LogP contribution < -0.4 is 15.4 Å². The van der Waals surface area contributed by atoms with Gasteiger partial charge in [-0.05, 0) is 157 Å². The summed E-state index contributed by atoms with van der Waals surface area (Å²) in [6.45, 7) is 0.110. The summed E-state index contributed by atoms with van der Waals surface area (Å²) in [6, 6.07) is 22.6. The van der Waals surface area contributed by atoms with Crippen LogP contribution in [-0.4, -0.2) is 131 Å². The lowest BCUT2D eigenvalue weighted by Crippen LogP contribution is -2.80. The van der Waals surface area contributed by atoms with E-state index in [4.69, 9.17) is 14.2 Å². The number of aromatic nitrogens is 1. The van der Waals surface area contributed by atoms with Gasteiger partial charge >= 0.3 is 5.97 Å². The number of H-pyrrole nitrogens is 1. The van der Waals surface area contributed by atoms with E-state index in [9.17, 15) is 30.6 Å². The number of hydrogen-bond acceptors (Lipinski definition) is 16. The highest BCUT2D eigenvalue weighted by molar-refractivity contribution is 8.78. The number of hydrogen-bond donors (Lipinski definition) is 9. The highest BCUT2D eigenvalue weighted by Crippen LogP contribution is 2.82. The van der Waals surface area contributed by atoms with Gasteiger partial charge in [0, 0.05) is 75.1 Å². The molecule has 21 atom stereocenters. The molecule has 2 spiro atoms. The number of aliphatic hydroxyl groups excluding tert-OH is 3. The van der Waals surface area contributed by atoms with Crippen LogP contribution in [0.25, 0.3) is 32.4 Å². The van der Waals surface area contributed by atoms with Gasteiger partial charge in [0.05, 0.1) is 35.4 Å². The van der Waals surface area contributed by atoms with Crippen molar-refractivity contribution in [3.63, 3.8) is 0 Å². The van der Waals surface area contributed by atoms with Gasteiger partial charge in [-0.2, -0.15) is 0 Å². The van der Waals surface area contributed by atoms with E-state index in [0.29, 0.717) is 54.6 Å². The van der Waals surface area contributed by atoms with E-state index >= 15 is 4.79 Å². The van der Waals surface area contributed by atoms with E-state index in [1.807, 2.05) is 75.8 Å². The van der Waals surface area contributed by atoms with Crippen molar-refractivity contribution in [2.75, 3.05) is 25.1 Å². The van der Waals surface area contributed by atoms with Crippen LogP contribution in [0.1, 0.15) is 93.4 Å². The smallest absolute Gasteiger partial charge is 0.343 e. The number of fused-ring (bicyclic) bond motifs is 4. The maximum absolute atomic E-state index is 15.8. The summed E-state index contributed by atoms with van der Waals surface area (Å²) in [5, 5.41) is 90.1. The molecule has 17 heteroatoms. The first-order valence-electron chi connectivity index (χ1n) is 29.2. The fourth-order valence-corrected chi connectivity index (χ4v) is 27.4. The van der Waals surface area contributed by atoms with Crippen molar-refractivity contribution in [3.05, 3.63) is 83.6 Å². The van der Waals surface area contributed by atoms with Gasteiger partial charge in [0.25, 0.3) is 0 Å². The Kier molecular flexibility index (Phi) is 12.0. The lowest BCUT2D eigenvalue weighted by atomic mass is 9.39. The number of ether oxygens (including phenoxy) is 3. The highest BCUT2D eigenvalue weighted by Gasteiger charge is 2.85. The number of aromatic amines is 1. The molecule has 6 saturated carbocycles. The maximum atomic E-state index is 15.8. The van der Waals surface area contributed by atoms with Crippen LogP contribution in [0, 0.1) is 52.8 Å². The molecule has 21 unspecified atom stereocenters. The van der Waals surface area contributed by atoms with E-state index in [0.717, 1.165) is 84.4 Å². The molecule has 414 valence electrons. The molecular formula is C61H71N3O10S4. The average molecular weight is 1130 g/mol. The molecule has 7 aliphatic heterocycles. The predicted molar refractivity (Wildman–Crippen MR) is 306 cm³/mol. The monoisotopic (exact) mass is 1130 g/mol. The molecule has 9 N–H and O–H groups in total. The first-order valence-corrected chi connectivity index (χ1v) is 33.9. The van der Waals surface area contributed by atoms with Gasteiger partial charge < -0.3 is 60.5 Å². The number of carbonyl (C=O) groups excluding carboxylic acids is 1. The predicted octanol–water partition coefficient (Wildman–Crippen LogP) is 8.28. The number of phenolic OH excluding ortho intramolecular Hbond substituents is 1. The van der Waals surface area contributed by atoms with E-state index in [-0.39, 0.29) is 57.4 Å². The van der Waals surface area contributed by atoms with Gasteiger partial charge in [0.15, 0.2) is 17.5 Å². The van der Waals surface area contributed by atoms with Crippen LogP contribution >= 0.6 is 43.2 Å². The molecule has 9 bridgehead atoms. The van der Waals surface area contributed by atoms with Gasteiger partial charge in [-0.25, -0.2) is 4.79 Å². The second-order valence-corrected chi connectivity index (χ2v) is 31.0. The minimum absolute atomic E-state index is 0.0968. The molecule has 0 radical (unpaired) electrons. The van der Waals surface area contributed by atoms with Crippen LogP contribution in [0.15, 0.2) is 66.7 Å². The topological polar surface area (TPSA) is 206 Å². The van der Waals surface area contributed by atoms with Crippen molar-refractivity contribution in [3.8, 4) is 11.5 Å². The first-order chi connectivity index (χ1) is 37.9. The lowest BCUT2D eigenvalue weighted by Gasteiger charge is -2.69. The molecule has 5 saturated heterocycles. The summed E-state index contributed by atoms with van der Waals surface area (Å²) in [7, 11) is 9.52. The number of aliphatic hydroxyl groups is 5. The zero-order valence-electron chi connectivity index (χ0n) is 43.8. The summed E-state index contributed by atoms with van der Waals surface area (Å²) >= 11 is 0. The average Bonchev–Trinajstić information content (AvgIpc) is 2.90. The molecule has 7 aliphatic carbocycles. The summed E-state index contributed by atoms with van der Waals surface area (Å²) in [4.78, 5) is 19.1. The van der Waals surface area contributed by atoms with Crippen molar-refractivity contribution in [2.45, 2.75) is 153 Å². The maximum Gasteiger partial charge on any atom is 0.343 e. The van der Waals surface area contributed by atoms with Crippen molar-refractivity contribution in [1.29, 1.82) is 0 Å². The Morgan fingerprint density at radius 3 is 2.49 bits per heavy atom. The van der Waals surface area contributed by atoms with E-state index in [2.05, 4.69) is 45.9 Å². The normalized spacial score (nSPS) is 44.9. The fourth-order valence-electron chi connectivity index (χ4n) is 20.4. The molecule has 13 nitrogen and oxygen atoms in total. The molecule has 5 aromatic rings. The van der Waals surface area contributed by atoms with Gasteiger partial charge in [0.2, 0.25) is 5.79 Å². The molecule has 0 amide bonds. The molecule has 19 rings (SSSR count). The SMILES string of the molecule is CNC1CSSC2CSSC(CNC3CCCC3)C3CC4C5CC1C(O)C1(CCC6CC7CCC8C2c2cc(O)ccc2C61C78)C5OC1C(C(=O)Oc2c(CO)[nH]c5ccc6cc7ccccc7cc6c25)OC(O)(C3O)C41O. The third-order valence-corrected chi connectivity index (χ3v) is 29.2. The van der Waals surface area contributed by atoms with E-state index in [1.54, 1.807) is 10.8 Å². The molecule has 11 fully saturated rings. The van der Waals surface area contributed by atoms with E-state index in [1.165, 1.54) is 11.1 Å². The van der Waals surface area contributed by atoms with Crippen molar-refractivity contribution in [1.82, 2.24) is 15.6 Å². The minimum Gasteiger partial charge on any atom is -0.508 e. The van der Waals surface area contributed by atoms with Crippen LogP contribution in [0.2, 0.25) is 0 Å². The molecule has 8 heterocycles. The summed E-state index contributed by atoms with van der Waals surface area (Å²) < 4.78 is 21.3. The Bertz CT molecular complexity index is 3250. The molecule has 4 aromatic carbocycles. The zero-order valence-corrected chi connectivity index (χ0v) is 47.1. The van der Waals surface area contributed by atoms with Crippen molar-refractivity contribution < 1.29 is 49.6 Å². The van der Waals surface area contributed by atoms with Crippen LogP contribution in [0.3, 0.4) is 0 Å². The van der Waals surface area contributed by atoms with E-state index < -0.39 is 83.1 Å². The lowest BCUT2D eigenvalue weighted by molar-refractivity contribution is -0.381. The van der Waals surface area contributed by atoms with Crippen molar-refractivity contribution >= 4 is 81.6 Å². The van der Waals surface area contributed by atoms with Crippen molar-refractivity contribution in [2.24, 2.45) is 52.8 Å². The quantitative estimate of drug-likeness (QED) is 0.0427. The molecular weight excluding hydrogens is 1060 g/mol. The summed E-state index contributed by atoms with van der Waals surface area (Å²) in [5.74, 6) is -2.24. The Balaban J connectivity index is 0.910. The van der Waals surface area contributed by atoms with Crippen LogP contribution in [0.4, 0.5) is 0 Å². The number of phenols is 1. The zero-order chi connectivity index (χ0) is 52.8. The van der Waals surface area contributed by atoms with Crippen LogP contribution in [-0.2, 0) is 26.3 Å².